The number of aliphatic hydroxyl groups excluding tert-OH is 2. The van der Waals surface area contributed by atoms with Crippen molar-refractivity contribution in [3.8, 4) is 0 Å². The highest BCUT2D eigenvalue weighted by Crippen LogP contribution is 2.39. The van der Waals surface area contributed by atoms with Crippen LogP contribution in [0.4, 0.5) is 0 Å². The Morgan fingerprint density at radius 1 is 1.16 bits per heavy atom. The second-order valence-electron chi connectivity index (χ2n) is 10.6. The molecule has 0 radical (unpaired) electrons. The summed E-state index contributed by atoms with van der Waals surface area (Å²) in [5.41, 5.74) is 3.51. The molecule has 5 nitrogen and oxygen atoms in total. The van der Waals surface area contributed by atoms with Crippen molar-refractivity contribution in [3.05, 3.63) is 40.5 Å². The second kappa shape index (κ2) is 10.4. The topological polar surface area (TPSA) is 78.8 Å². The van der Waals surface area contributed by atoms with Gasteiger partial charge in [-0.05, 0) is 65.2 Å². The minimum Gasteiger partial charge on any atom is -0.410 e. The minimum atomic E-state index is -2.11. The molecule has 1 aromatic carbocycles. The molecule has 0 saturated carbocycles. The van der Waals surface area contributed by atoms with Crippen LogP contribution in [0.25, 0.3) is 6.08 Å². The SMILES string of the molecule is CC(C)C[C@@H]1C(=O)NCCc2cc(CO)c(CO)cc2/C=C/[C@H]1O[Si](C)(C)C(C)(C)C. The minimum absolute atomic E-state index is 0.0347. The molecule has 0 saturated heterocycles. The van der Waals surface area contributed by atoms with Crippen molar-refractivity contribution >= 4 is 20.3 Å². The van der Waals surface area contributed by atoms with Gasteiger partial charge in [-0.15, -0.1) is 0 Å². The molecule has 0 spiro atoms. The van der Waals surface area contributed by atoms with E-state index in [0.29, 0.717) is 18.9 Å². The van der Waals surface area contributed by atoms with Gasteiger partial charge in [0.15, 0.2) is 8.32 Å². The van der Waals surface area contributed by atoms with E-state index in [9.17, 15) is 15.0 Å². The van der Waals surface area contributed by atoms with Crippen molar-refractivity contribution in [1.82, 2.24) is 5.32 Å². The molecular formula is C25H41NO4Si. The highest BCUT2D eigenvalue weighted by molar-refractivity contribution is 6.74. The van der Waals surface area contributed by atoms with Gasteiger partial charge < -0.3 is 20.0 Å². The van der Waals surface area contributed by atoms with Crippen LogP contribution in [-0.4, -0.2) is 37.1 Å². The molecule has 0 unspecified atom stereocenters. The Labute approximate surface area is 189 Å². The van der Waals surface area contributed by atoms with Crippen LogP contribution in [0.5, 0.6) is 0 Å². The van der Waals surface area contributed by atoms with E-state index in [2.05, 4.69) is 53.0 Å². The van der Waals surface area contributed by atoms with E-state index < -0.39 is 8.32 Å². The molecule has 1 heterocycles. The Bertz CT molecular complexity index is 795. The molecule has 0 aliphatic carbocycles. The number of nitrogens with one attached hydrogen (secondary N) is 1. The fourth-order valence-corrected chi connectivity index (χ4v) is 5.02. The molecule has 0 aromatic heterocycles. The van der Waals surface area contributed by atoms with Gasteiger partial charge in [-0.2, -0.15) is 0 Å². The van der Waals surface area contributed by atoms with E-state index >= 15 is 0 Å². The van der Waals surface area contributed by atoms with Gasteiger partial charge in [-0.3, -0.25) is 4.79 Å². The van der Waals surface area contributed by atoms with E-state index in [1.165, 1.54) is 0 Å². The summed E-state index contributed by atoms with van der Waals surface area (Å²) in [5, 5.41) is 22.6. The summed E-state index contributed by atoms with van der Waals surface area (Å²) >= 11 is 0. The highest BCUT2D eigenvalue weighted by atomic mass is 28.4. The zero-order valence-electron chi connectivity index (χ0n) is 20.3. The summed E-state index contributed by atoms with van der Waals surface area (Å²) in [6.07, 6.45) is 5.19. The number of carbonyl (C=O) groups excluding carboxylic acids is 1. The monoisotopic (exact) mass is 447 g/mol. The fourth-order valence-electron chi connectivity index (χ4n) is 3.75. The molecule has 0 bridgehead atoms. The van der Waals surface area contributed by atoms with Gasteiger partial charge in [-0.1, -0.05) is 52.8 Å². The highest BCUT2D eigenvalue weighted by Gasteiger charge is 2.41. The third kappa shape index (κ3) is 6.51. The Kier molecular flexibility index (Phi) is 8.67. The maximum absolute atomic E-state index is 13.2. The third-order valence-corrected chi connectivity index (χ3v) is 11.1. The molecule has 2 rings (SSSR count). The first-order valence-electron chi connectivity index (χ1n) is 11.4. The van der Waals surface area contributed by atoms with E-state index in [1.807, 2.05) is 24.3 Å². The van der Waals surface area contributed by atoms with Crippen molar-refractivity contribution < 1.29 is 19.4 Å². The molecule has 0 fully saturated rings. The van der Waals surface area contributed by atoms with E-state index in [-0.39, 0.29) is 36.2 Å². The summed E-state index contributed by atoms with van der Waals surface area (Å²) in [7, 11) is -2.11. The van der Waals surface area contributed by atoms with E-state index in [1.54, 1.807) is 0 Å². The lowest BCUT2D eigenvalue weighted by Gasteiger charge is -2.40. The Hall–Kier alpha value is -1.47. The van der Waals surface area contributed by atoms with Crippen LogP contribution in [0, 0.1) is 11.8 Å². The summed E-state index contributed by atoms with van der Waals surface area (Å²) in [6.45, 7) is 15.6. The number of hydrogen-bond donors (Lipinski definition) is 3. The number of aliphatic hydroxyl groups is 2. The molecule has 174 valence electrons. The van der Waals surface area contributed by atoms with Crippen molar-refractivity contribution in [2.24, 2.45) is 11.8 Å². The van der Waals surface area contributed by atoms with E-state index in [0.717, 1.165) is 28.7 Å². The number of fused-ring (bicyclic) bond motifs is 1. The zero-order chi connectivity index (χ0) is 23.4. The summed E-state index contributed by atoms with van der Waals surface area (Å²) in [4.78, 5) is 13.2. The average Bonchev–Trinajstić information content (AvgIpc) is 2.67. The number of amides is 1. The van der Waals surface area contributed by atoms with Crippen LogP contribution < -0.4 is 5.32 Å². The number of rotatable bonds is 6. The van der Waals surface area contributed by atoms with Gasteiger partial charge in [0, 0.05) is 6.54 Å². The Balaban J connectivity index is 2.55. The first kappa shape index (κ1) is 25.8. The molecular weight excluding hydrogens is 406 g/mol. The second-order valence-corrected chi connectivity index (χ2v) is 15.4. The summed E-state index contributed by atoms with van der Waals surface area (Å²) < 4.78 is 6.78. The van der Waals surface area contributed by atoms with Gasteiger partial charge >= 0.3 is 0 Å². The van der Waals surface area contributed by atoms with Gasteiger partial charge in [-0.25, -0.2) is 0 Å². The van der Waals surface area contributed by atoms with Crippen LogP contribution >= 0.6 is 0 Å². The quantitative estimate of drug-likeness (QED) is 0.565. The largest absolute Gasteiger partial charge is 0.410 e. The maximum atomic E-state index is 13.2. The van der Waals surface area contributed by atoms with Crippen LogP contribution in [0.3, 0.4) is 0 Å². The molecule has 1 aromatic rings. The van der Waals surface area contributed by atoms with Crippen molar-refractivity contribution in [2.75, 3.05) is 6.54 Å². The van der Waals surface area contributed by atoms with Crippen LogP contribution in [-0.2, 0) is 28.9 Å². The number of carbonyl (C=O) groups is 1. The normalized spacial score (nSPS) is 21.5. The summed E-state index contributed by atoms with van der Waals surface area (Å²) in [5.74, 6) is 0.166. The summed E-state index contributed by atoms with van der Waals surface area (Å²) in [6, 6.07) is 3.88. The van der Waals surface area contributed by atoms with E-state index in [4.69, 9.17) is 4.43 Å². The standard InChI is InChI=1S/C25H41NO4Si/c1-17(2)12-22-23(30-31(6,7)25(3,4)5)9-8-18-13-20(15-27)21(16-28)14-19(18)10-11-26-24(22)29/h8-9,13-14,17,22-23,27-28H,10-12,15-16H2,1-7H3,(H,26,29)/b9-8+/t22-,23+/m0/s1. The smallest absolute Gasteiger partial charge is 0.226 e. The molecule has 3 N–H and O–H groups in total. The lowest BCUT2D eigenvalue weighted by molar-refractivity contribution is -0.127. The molecule has 1 amide bonds. The first-order chi connectivity index (χ1) is 14.4. The molecule has 6 heteroatoms. The molecule has 1 aliphatic heterocycles. The van der Waals surface area contributed by atoms with Gasteiger partial charge in [0.05, 0.1) is 25.2 Å². The zero-order valence-corrected chi connectivity index (χ0v) is 21.3. The van der Waals surface area contributed by atoms with Gasteiger partial charge in [0.25, 0.3) is 0 Å². The van der Waals surface area contributed by atoms with Crippen molar-refractivity contribution in [3.63, 3.8) is 0 Å². The molecule has 2 atom stereocenters. The lowest BCUT2D eigenvalue weighted by Crippen LogP contribution is -2.48. The fraction of sp³-hybridized carbons (Fsp3) is 0.640. The predicted molar refractivity (Wildman–Crippen MR) is 129 cm³/mol. The lowest BCUT2D eigenvalue weighted by atomic mass is 9.89. The van der Waals surface area contributed by atoms with Crippen LogP contribution in [0.2, 0.25) is 18.1 Å². The first-order valence-corrected chi connectivity index (χ1v) is 14.3. The van der Waals surface area contributed by atoms with Crippen LogP contribution in [0.15, 0.2) is 18.2 Å². The van der Waals surface area contributed by atoms with Gasteiger partial charge in [0.1, 0.15) is 0 Å². The molecule has 1 aliphatic rings. The number of benzene rings is 1. The Morgan fingerprint density at radius 2 is 1.77 bits per heavy atom. The maximum Gasteiger partial charge on any atom is 0.226 e. The average molecular weight is 448 g/mol. The Morgan fingerprint density at radius 3 is 2.32 bits per heavy atom. The van der Waals surface area contributed by atoms with Crippen LogP contribution in [0.1, 0.15) is 63.3 Å². The predicted octanol–water partition coefficient (Wildman–Crippen LogP) is 4.41. The third-order valence-electron chi connectivity index (χ3n) is 6.66. The van der Waals surface area contributed by atoms with Crippen molar-refractivity contribution in [1.29, 1.82) is 0 Å². The number of hydrogen-bond acceptors (Lipinski definition) is 4. The van der Waals surface area contributed by atoms with Gasteiger partial charge in [0.2, 0.25) is 5.91 Å². The van der Waals surface area contributed by atoms with Crippen molar-refractivity contribution in [2.45, 2.75) is 84.9 Å². The molecule has 31 heavy (non-hydrogen) atoms.